The molecule has 10 heteroatoms. The van der Waals surface area contributed by atoms with Gasteiger partial charge >= 0.3 is 0 Å². The van der Waals surface area contributed by atoms with Crippen molar-refractivity contribution in [1.82, 2.24) is 14.8 Å². The standard InChI is InChI=1S/C18H16N6O4/c1-12(25)20-14-5-3-6-15(9-14)21-17(26)10-23-11-19-18(22-23)13-4-2-7-16(8-13)24(27)28/h2-9,11H,10H2,1H3,(H,20,25)(H,21,26). The molecule has 3 rings (SSSR count). The molecule has 0 saturated carbocycles. The van der Waals surface area contributed by atoms with Crippen LogP contribution in [0.15, 0.2) is 54.9 Å². The number of aromatic nitrogens is 3. The van der Waals surface area contributed by atoms with E-state index in [9.17, 15) is 19.7 Å². The van der Waals surface area contributed by atoms with Crippen molar-refractivity contribution in [3.63, 3.8) is 0 Å². The quantitative estimate of drug-likeness (QED) is 0.499. The summed E-state index contributed by atoms with van der Waals surface area (Å²) in [5.74, 6) is -0.264. The maximum atomic E-state index is 12.2. The molecule has 0 aliphatic rings. The Morgan fingerprint density at radius 1 is 1.11 bits per heavy atom. The summed E-state index contributed by atoms with van der Waals surface area (Å²) < 4.78 is 1.33. The van der Waals surface area contributed by atoms with E-state index in [0.717, 1.165) is 0 Å². The summed E-state index contributed by atoms with van der Waals surface area (Å²) in [5.41, 5.74) is 1.51. The summed E-state index contributed by atoms with van der Waals surface area (Å²) >= 11 is 0. The highest BCUT2D eigenvalue weighted by atomic mass is 16.6. The molecule has 0 radical (unpaired) electrons. The van der Waals surface area contributed by atoms with Gasteiger partial charge in [0, 0.05) is 36.0 Å². The van der Waals surface area contributed by atoms with Gasteiger partial charge in [-0.3, -0.25) is 19.7 Å². The molecule has 28 heavy (non-hydrogen) atoms. The number of benzene rings is 2. The minimum Gasteiger partial charge on any atom is -0.326 e. The summed E-state index contributed by atoms with van der Waals surface area (Å²) in [5, 5.41) is 20.4. The van der Waals surface area contributed by atoms with Crippen molar-refractivity contribution in [1.29, 1.82) is 0 Å². The minimum absolute atomic E-state index is 0.0642. The Hall–Kier alpha value is -4.08. The second-order valence-corrected chi connectivity index (χ2v) is 5.88. The van der Waals surface area contributed by atoms with Crippen molar-refractivity contribution in [3.8, 4) is 11.4 Å². The van der Waals surface area contributed by atoms with Crippen molar-refractivity contribution < 1.29 is 14.5 Å². The van der Waals surface area contributed by atoms with Crippen LogP contribution >= 0.6 is 0 Å². The van der Waals surface area contributed by atoms with Crippen LogP contribution < -0.4 is 10.6 Å². The van der Waals surface area contributed by atoms with Gasteiger partial charge in [-0.05, 0) is 18.2 Å². The van der Waals surface area contributed by atoms with Gasteiger partial charge in [-0.2, -0.15) is 5.10 Å². The fraction of sp³-hybridized carbons (Fsp3) is 0.111. The van der Waals surface area contributed by atoms with Gasteiger partial charge in [-0.15, -0.1) is 0 Å². The Morgan fingerprint density at radius 2 is 1.82 bits per heavy atom. The molecule has 2 aromatic carbocycles. The number of hydrogen-bond acceptors (Lipinski definition) is 6. The molecule has 0 atom stereocenters. The van der Waals surface area contributed by atoms with Gasteiger partial charge in [0.25, 0.3) is 5.69 Å². The second-order valence-electron chi connectivity index (χ2n) is 5.88. The third-order valence-electron chi connectivity index (χ3n) is 3.62. The maximum Gasteiger partial charge on any atom is 0.270 e. The molecular weight excluding hydrogens is 364 g/mol. The summed E-state index contributed by atoms with van der Waals surface area (Å²) in [6.07, 6.45) is 1.38. The van der Waals surface area contributed by atoms with Crippen molar-refractivity contribution in [2.75, 3.05) is 10.6 Å². The van der Waals surface area contributed by atoms with Gasteiger partial charge in [0.15, 0.2) is 5.82 Å². The lowest BCUT2D eigenvalue weighted by Crippen LogP contribution is -2.19. The smallest absolute Gasteiger partial charge is 0.270 e. The summed E-state index contributed by atoms with van der Waals surface area (Å²) in [6, 6.07) is 12.7. The molecule has 10 nitrogen and oxygen atoms in total. The minimum atomic E-state index is -0.497. The van der Waals surface area contributed by atoms with Crippen LogP contribution in [0.1, 0.15) is 6.92 Å². The summed E-state index contributed by atoms with van der Waals surface area (Å²) in [7, 11) is 0. The Balaban J connectivity index is 1.67. The first-order valence-corrected chi connectivity index (χ1v) is 8.22. The fourth-order valence-electron chi connectivity index (χ4n) is 2.49. The molecule has 0 unspecified atom stereocenters. The number of anilines is 2. The first-order chi connectivity index (χ1) is 13.4. The molecule has 2 N–H and O–H groups in total. The molecule has 0 aliphatic carbocycles. The number of rotatable bonds is 6. The van der Waals surface area contributed by atoms with Crippen molar-refractivity contribution in [3.05, 3.63) is 65.0 Å². The Labute approximate surface area is 159 Å². The van der Waals surface area contributed by atoms with Gasteiger partial charge in [0.2, 0.25) is 11.8 Å². The normalized spacial score (nSPS) is 10.3. The average molecular weight is 380 g/mol. The Morgan fingerprint density at radius 3 is 2.54 bits per heavy atom. The van der Waals surface area contributed by atoms with E-state index in [0.29, 0.717) is 16.9 Å². The van der Waals surface area contributed by atoms with E-state index in [1.165, 1.54) is 30.1 Å². The zero-order valence-corrected chi connectivity index (χ0v) is 14.8. The molecule has 1 heterocycles. The van der Waals surface area contributed by atoms with Crippen LogP contribution in [0, 0.1) is 10.1 Å². The van der Waals surface area contributed by atoms with Crippen LogP contribution in [0.5, 0.6) is 0 Å². The van der Waals surface area contributed by atoms with Crippen molar-refractivity contribution in [2.45, 2.75) is 13.5 Å². The van der Waals surface area contributed by atoms with E-state index >= 15 is 0 Å². The van der Waals surface area contributed by atoms with E-state index in [4.69, 9.17) is 0 Å². The number of amides is 2. The van der Waals surface area contributed by atoms with Crippen LogP contribution in [-0.2, 0) is 16.1 Å². The highest BCUT2D eigenvalue weighted by molar-refractivity contribution is 5.93. The SMILES string of the molecule is CC(=O)Nc1cccc(NC(=O)Cn2cnc(-c3cccc([N+](=O)[O-])c3)n2)c1. The Bertz CT molecular complexity index is 1050. The molecule has 3 aromatic rings. The van der Waals surface area contributed by atoms with E-state index in [-0.39, 0.29) is 29.9 Å². The van der Waals surface area contributed by atoms with E-state index in [1.54, 1.807) is 36.4 Å². The van der Waals surface area contributed by atoms with E-state index in [2.05, 4.69) is 20.7 Å². The number of nitro groups is 1. The second kappa shape index (κ2) is 8.08. The number of carbonyl (C=O) groups is 2. The molecule has 0 fully saturated rings. The van der Waals surface area contributed by atoms with E-state index in [1.807, 2.05) is 0 Å². The molecule has 0 bridgehead atoms. The molecule has 0 aliphatic heterocycles. The molecular formula is C18H16N6O4. The number of nitrogens with zero attached hydrogens (tertiary/aromatic N) is 4. The summed E-state index contributed by atoms with van der Waals surface area (Å²) in [4.78, 5) is 37.8. The largest absolute Gasteiger partial charge is 0.326 e. The molecule has 142 valence electrons. The maximum absolute atomic E-state index is 12.2. The van der Waals surface area contributed by atoms with Crippen LogP contribution in [0.3, 0.4) is 0 Å². The highest BCUT2D eigenvalue weighted by Crippen LogP contribution is 2.20. The number of nitrogens with one attached hydrogen (secondary N) is 2. The molecule has 2 amide bonds. The van der Waals surface area contributed by atoms with Gasteiger partial charge in [-0.25, -0.2) is 9.67 Å². The number of hydrogen-bond donors (Lipinski definition) is 2. The first kappa shape index (κ1) is 18.7. The topological polar surface area (TPSA) is 132 Å². The number of nitro benzene ring substituents is 1. The van der Waals surface area contributed by atoms with Crippen LogP contribution in [0.25, 0.3) is 11.4 Å². The van der Waals surface area contributed by atoms with Crippen molar-refractivity contribution in [2.24, 2.45) is 0 Å². The van der Waals surface area contributed by atoms with Gasteiger partial charge in [0.1, 0.15) is 12.9 Å². The third-order valence-corrected chi connectivity index (χ3v) is 3.62. The molecule has 0 spiro atoms. The van der Waals surface area contributed by atoms with Gasteiger partial charge in [-0.1, -0.05) is 18.2 Å². The van der Waals surface area contributed by atoms with Crippen molar-refractivity contribution >= 4 is 28.9 Å². The average Bonchev–Trinajstić information content (AvgIpc) is 3.10. The predicted octanol–water partition coefficient (Wildman–Crippen LogP) is 2.45. The van der Waals surface area contributed by atoms with Gasteiger partial charge in [0.05, 0.1) is 4.92 Å². The van der Waals surface area contributed by atoms with Gasteiger partial charge < -0.3 is 10.6 Å². The predicted molar refractivity (Wildman–Crippen MR) is 101 cm³/mol. The molecule has 1 aromatic heterocycles. The van der Waals surface area contributed by atoms with Crippen LogP contribution in [0.4, 0.5) is 17.1 Å². The highest BCUT2D eigenvalue weighted by Gasteiger charge is 2.12. The lowest BCUT2D eigenvalue weighted by Gasteiger charge is -2.07. The number of carbonyl (C=O) groups excluding carboxylic acids is 2. The van der Waals surface area contributed by atoms with Crippen LogP contribution in [-0.4, -0.2) is 31.5 Å². The number of non-ortho nitro benzene ring substituents is 1. The monoisotopic (exact) mass is 380 g/mol. The Kier molecular flexibility index (Phi) is 5.40. The lowest BCUT2D eigenvalue weighted by atomic mass is 10.2. The summed E-state index contributed by atoms with van der Waals surface area (Å²) in [6.45, 7) is 1.31. The fourth-order valence-corrected chi connectivity index (χ4v) is 2.49. The van der Waals surface area contributed by atoms with E-state index < -0.39 is 4.92 Å². The zero-order chi connectivity index (χ0) is 20.1. The zero-order valence-electron chi connectivity index (χ0n) is 14.8. The molecule has 0 saturated heterocycles. The lowest BCUT2D eigenvalue weighted by molar-refractivity contribution is -0.384. The third kappa shape index (κ3) is 4.75. The van der Waals surface area contributed by atoms with Crippen LogP contribution in [0.2, 0.25) is 0 Å². The first-order valence-electron chi connectivity index (χ1n) is 8.22.